The van der Waals surface area contributed by atoms with Crippen LogP contribution < -0.4 is 9.47 Å². The van der Waals surface area contributed by atoms with E-state index in [0.29, 0.717) is 5.75 Å². The van der Waals surface area contributed by atoms with E-state index in [1.165, 1.54) is 0 Å². The number of benzene rings is 3. The summed E-state index contributed by atoms with van der Waals surface area (Å²) in [5.41, 5.74) is 1.67. The zero-order valence-electron chi connectivity index (χ0n) is 15.2. The summed E-state index contributed by atoms with van der Waals surface area (Å²) in [5, 5.41) is 0. The molecule has 1 saturated heterocycles. The molecule has 0 spiro atoms. The molecule has 0 N–H and O–H groups in total. The summed E-state index contributed by atoms with van der Waals surface area (Å²) < 4.78 is 16.9. The summed E-state index contributed by atoms with van der Waals surface area (Å²) in [6, 6.07) is 24.4. The molecule has 1 aliphatic heterocycles. The molecule has 1 fully saturated rings. The number of hydrogen-bond acceptors (Lipinski definition) is 4. The molecule has 2 unspecified atom stereocenters. The maximum absolute atomic E-state index is 13.1. The van der Waals surface area contributed by atoms with Crippen molar-refractivity contribution in [2.75, 3.05) is 7.11 Å². The number of carbonyl (C=O) groups is 1. The lowest BCUT2D eigenvalue weighted by atomic mass is 9.91. The molecular weight excluding hydrogens is 340 g/mol. The van der Waals surface area contributed by atoms with E-state index >= 15 is 0 Å². The van der Waals surface area contributed by atoms with Crippen LogP contribution in [0.25, 0.3) is 0 Å². The first-order chi connectivity index (χ1) is 13.1. The van der Waals surface area contributed by atoms with Crippen molar-refractivity contribution >= 4 is 5.97 Å². The van der Waals surface area contributed by atoms with Gasteiger partial charge in [0.2, 0.25) is 5.60 Å². The number of methoxy groups -OCH3 is 1. The lowest BCUT2D eigenvalue weighted by molar-refractivity contribution is -0.140. The van der Waals surface area contributed by atoms with Gasteiger partial charge in [-0.05, 0) is 42.3 Å². The Morgan fingerprint density at radius 1 is 0.889 bits per heavy atom. The average molecular weight is 360 g/mol. The van der Waals surface area contributed by atoms with E-state index in [-0.39, 0.29) is 0 Å². The van der Waals surface area contributed by atoms with E-state index < -0.39 is 17.7 Å². The Bertz CT molecular complexity index is 932. The second kappa shape index (κ2) is 6.89. The van der Waals surface area contributed by atoms with Gasteiger partial charge in [-0.3, -0.25) is 0 Å². The van der Waals surface area contributed by atoms with Crippen LogP contribution in [-0.4, -0.2) is 13.1 Å². The first kappa shape index (κ1) is 17.3. The minimum absolute atomic E-state index is 0.401. The maximum Gasteiger partial charge on any atom is 0.351 e. The number of aryl methyl sites for hydroxylation is 1. The standard InChI is InChI=1S/C23H20O4/c1-16-8-12-18(13-9-16)23(22(24)26-20-6-4-3-5-7-20)21(27-23)17-10-14-19(25-2)15-11-17/h3-15,21H,1-2H3. The number of hydrogen-bond donors (Lipinski definition) is 0. The summed E-state index contributed by atoms with van der Waals surface area (Å²) >= 11 is 0. The van der Waals surface area contributed by atoms with Crippen LogP contribution in [0.15, 0.2) is 78.9 Å². The number of carbonyl (C=O) groups excluding carboxylic acids is 1. The summed E-state index contributed by atoms with van der Waals surface area (Å²) in [5.74, 6) is 0.837. The highest BCUT2D eigenvalue weighted by Crippen LogP contribution is 2.57. The highest BCUT2D eigenvalue weighted by atomic mass is 16.7. The maximum atomic E-state index is 13.1. The lowest BCUT2D eigenvalue weighted by Gasteiger charge is -2.14. The van der Waals surface area contributed by atoms with E-state index in [9.17, 15) is 4.79 Å². The molecule has 136 valence electrons. The monoisotopic (exact) mass is 360 g/mol. The van der Waals surface area contributed by atoms with Gasteiger partial charge < -0.3 is 14.2 Å². The third kappa shape index (κ3) is 3.20. The first-order valence-electron chi connectivity index (χ1n) is 8.80. The smallest absolute Gasteiger partial charge is 0.351 e. The van der Waals surface area contributed by atoms with Crippen molar-refractivity contribution in [3.8, 4) is 11.5 Å². The van der Waals surface area contributed by atoms with E-state index in [1.807, 2.05) is 73.7 Å². The van der Waals surface area contributed by atoms with Crippen LogP contribution in [0.5, 0.6) is 11.5 Å². The van der Waals surface area contributed by atoms with Gasteiger partial charge in [-0.15, -0.1) is 0 Å². The SMILES string of the molecule is COc1ccc(C2OC2(C(=O)Oc2ccccc2)c2ccc(C)cc2)cc1. The van der Waals surface area contributed by atoms with Gasteiger partial charge in [0.25, 0.3) is 0 Å². The highest BCUT2D eigenvalue weighted by Gasteiger charge is 2.66. The van der Waals surface area contributed by atoms with Crippen LogP contribution >= 0.6 is 0 Å². The number of para-hydroxylation sites is 1. The van der Waals surface area contributed by atoms with Crippen LogP contribution in [0.4, 0.5) is 0 Å². The molecule has 0 bridgehead atoms. The van der Waals surface area contributed by atoms with E-state index in [1.54, 1.807) is 19.2 Å². The topological polar surface area (TPSA) is 48.1 Å². The molecule has 4 nitrogen and oxygen atoms in total. The Hall–Kier alpha value is -3.11. The zero-order valence-corrected chi connectivity index (χ0v) is 15.2. The van der Waals surface area contributed by atoms with Gasteiger partial charge in [0.1, 0.15) is 17.6 Å². The van der Waals surface area contributed by atoms with Crippen LogP contribution in [0, 0.1) is 6.92 Å². The summed E-state index contributed by atoms with van der Waals surface area (Å²) in [7, 11) is 1.62. The van der Waals surface area contributed by atoms with Gasteiger partial charge in [0, 0.05) is 0 Å². The molecule has 1 aliphatic rings. The molecular formula is C23H20O4. The van der Waals surface area contributed by atoms with Crippen LogP contribution in [0.2, 0.25) is 0 Å². The third-order valence-electron chi connectivity index (χ3n) is 4.77. The quantitative estimate of drug-likeness (QED) is 0.380. The fraction of sp³-hybridized carbons (Fsp3) is 0.174. The molecule has 2 atom stereocenters. The summed E-state index contributed by atoms with van der Waals surface area (Å²) in [6.07, 6.45) is -0.401. The van der Waals surface area contributed by atoms with Gasteiger partial charge in [0.15, 0.2) is 0 Å². The Labute approximate surface area is 158 Å². The first-order valence-corrected chi connectivity index (χ1v) is 8.80. The predicted octanol–water partition coefficient (Wildman–Crippen LogP) is 4.58. The van der Waals surface area contributed by atoms with Gasteiger partial charge >= 0.3 is 5.97 Å². The van der Waals surface area contributed by atoms with E-state index in [4.69, 9.17) is 14.2 Å². The normalized spacial score (nSPS) is 20.7. The van der Waals surface area contributed by atoms with Crippen molar-refractivity contribution in [2.24, 2.45) is 0 Å². The molecule has 0 radical (unpaired) electrons. The Balaban J connectivity index is 1.68. The van der Waals surface area contributed by atoms with Crippen molar-refractivity contribution in [1.82, 2.24) is 0 Å². The predicted molar refractivity (Wildman–Crippen MR) is 102 cm³/mol. The molecule has 4 rings (SSSR count). The second-order valence-corrected chi connectivity index (χ2v) is 6.58. The van der Waals surface area contributed by atoms with Crippen LogP contribution in [0.1, 0.15) is 22.8 Å². The summed E-state index contributed by atoms with van der Waals surface area (Å²) in [4.78, 5) is 13.1. The van der Waals surface area contributed by atoms with E-state index in [0.717, 1.165) is 22.4 Å². The van der Waals surface area contributed by atoms with Crippen molar-refractivity contribution in [3.63, 3.8) is 0 Å². The molecule has 0 aromatic heterocycles. The van der Waals surface area contributed by atoms with Gasteiger partial charge in [-0.2, -0.15) is 0 Å². The van der Waals surface area contributed by atoms with Crippen molar-refractivity contribution in [2.45, 2.75) is 18.6 Å². The molecule has 4 heteroatoms. The van der Waals surface area contributed by atoms with Crippen molar-refractivity contribution < 1.29 is 19.0 Å². The summed E-state index contributed by atoms with van der Waals surface area (Å²) in [6.45, 7) is 2.01. The van der Waals surface area contributed by atoms with Crippen LogP contribution in [0.3, 0.4) is 0 Å². The van der Waals surface area contributed by atoms with Crippen molar-refractivity contribution in [1.29, 1.82) is 0 Å². The molecule has 27 heavy (non-hydrogen) atoms. The fourth-order valence-corrected chi connectivity index (χ4v) is 3.20. The molecule has 0 amide bonds. The third-order valence-corrected chi connectivity index (χ3v) is 4.77. The van der Waals surface area contributed by atoms with Gasteiger partial charge in [0.05, 0.1) is 7.11 Å². The fourth-order valence-electron chi connectivity index (χ4n) is 3.20. The Morgan fingerprint density at radius 3 is 2.19 bits per heavy atom. The average Bonchev–Trinajstić information content (AvgIpc) is 3.46. The minimum atomic E-state index is -1.14. The largest absolute Gasteiger partial charge is 0.497 e. The molecule has 3 aromatic rings. The van der Waals surface area contributed by atoms with Crippen molar-refractivity contribution in [3.05, 3.63) is 95.6 Å². The number of esters is 1. The zero-order chi connectivity index (χ0) is 18.9. The minimum Gasteiger partial charge on any atom is -0.497 e. The van der Waals surface area contributed by atoms with Gasteiger partial charge in [-0.25, -0.2) is 4.79 Å². The number of epoxide rings is 1. The second-order valence-electron chi connectivity index (χ2n) is 6.58. The van der Waals surface area contributed by atoms with E-state index in [2.05, 4.69) is 0 Å². The van der Waals surface area contributed by atoms with Gasteiger partial charge in [-0.1, -0.05) is 60.2 Å². The lowest BCUT2D eigenvalue weighted by Crippen LogP contribution is -2.28. The Morgan fingerprint density at radius 2 is 1.56 bits per heavy atom. The van der Waals surface area contributed by atoms with Crippen LogP contribution in [-0.2, 0) is 15.1 Å². The molecule has 1 heterocycles. The molecule has 3 aromatic carbocycles. The Kier molecular flexibility index (Phi) is 4.42. The number of rotatable bonds is 5. The highest BCUT2D eigenvalue weighted by molar-refractivity contribution is 5.87. The molecule has 0 saturated carbocycles. The molecule has 0 aliphatic carbocycles. The number of ether oxygens (including phenoxy) is 3.